The third-order valence-corrected chi connectivity index (χ3v) is 11.9. The van der Waals surface area contributed by atoms with Crippen molar-refractivity contribution >= 4 is 10.4 Å². The first kappa shape index (κ1) is 32.2. The quantitative estimate of drug-likeness (QED) is 0.175. The Morgan fingerprint density at radius 1 is 1.03 bits per heavy atom. The Kier molecular flexibility index (Phi) is 10.7. The third-order valence-electron chi connectivity index (χ3n) is 11.5. The van der Waals surface area contributed by atoms with Crippen molar-refractivity contribution in [3.8, 4) is 0 Å². The molecule has 8 nitrogen and oxygen atoms in total. The number of fused-ring (bicyclic) bond motifs is 5. The Labute approximate surface area is 245 Å². The Balaban J connectivity index is 0.00000380. The van der Waals surface area contributed by atoms with Crippen LogP contribution in [0.15, 0.2) is 0 Å². The summed E-state index contributed by atoms with van der Waals surface area (Å²) in [6, 6.07) is 0. The molecule has 4 saturated carbocycles. The molecule has 4 fully saturated rings. The van der Waals surface area contributed by atoms with Gasteiger partial charge < -0.3 is 25.0 Å². The normalized spacial score (nSPS) is 45.2. The molecule has 10 heteroatoms. The summed E-state index contributed by atoms with van der Waals surface area (Å²) in [7, 11) is -4.76. The summed E-state index contributed by atoms with van der Waals surface area (Å²) >= 11 is 0. The van der Waals surface area contributed by atoms with E-state index < -0.39 is 22.4 Å². The van der Waals surface area contributed by atoms with Crippen LogP contribution in [0, 0.1) is 52.3 Å². The van der Waals surface area contributed by atoms with Gasteiger partial charge in [-0.3, -0.25) is 4.18 Å². The second-order valence-corrected chi connectivity index (χ2v) is 14.2. The van der Waals surface area contributed by atoms with Gasteiger partial charge in [-0.15, -0.1) is 0 Å². The molecule has 0 bridgehead atoms. The standard InChI is InChI=1S/C27H48O8S.Na/c1-16(5-4-6-17(14-28)15-35-36(32,33)34)20-7-8-21-25-22(13-24(31)27(20,21)3)26(2)10-9-19(29)11-18(26)12-23(25)30;/h16-25,28-31H,4-15H2,1-3H3,(H,32,33,34);/q;+1/p-1/t16-,17?,18+,19-,20-,21+,22+,23-,24+,25+,26+,27-;/m1./s1. The molecule has 4 aliphatic rings. The zero-order valence-electron chi connectivity index (χ0n) is 23.1. The Bertz CT molecular complexity index is 872. The summed E-state index contributed by atoms with van der Waals surface area (Å²) in [5.74, 6) is 1.33. The van der Waals surface area contributed by atoms with Gasteiger partial charge in [0, 0.05) is 12.5 Å². The average molecular weight is 555 g/mol. The van der Waals surface area contributed by atoms with Crippen molar-refractivity contribution in [3.63, 3.8) is 0 Å². The summed E-state index contributed by atoms with van der Waals surface area (Å²) in [5.41, 5.74) is -0.191. The molecule has 0 amide bonds. The van der Waals surface area contributed by atoms with Crippen molar-refractivity contribution in [1.29, 1.82) is 0 Å². The zero-order valence-corrected chi connectivity index (χ0v) is 25.9. The Hall–Kier alpha value is 0.710. The molecule has 1 unspecified atom stereocenters. The van der Waals surface area contributed by atoms with E-state index in [4.69, 9.17) is 0 Å². The predicted octanol–water partition coefficient (Wildman–Crippen LogP) is -0.156. The van der Waals surface area contributed by atoms with Crippen LogP contribution in [0.2, 0.25) is 0 Å². The molecule has 4 rings (SSSR count). The summed E-state index contributed by atoms with van der Waals surface area (Å²) < 4.78 is 36.5. The van der Waals surface area contributed by atoms with Gasteiger partial charge in [-0.05, 0) is 97.7 Å². The molecule has 210 valence electrons. The second kappa shape index (κ2) is 12.3. The maximum Gasteiger partial charge on any atom is 1.00 e. The van der Waals surface area contributed by atoms with E-state index in [2.05, 4.69) is 25.0 Å². The van der Waals surface area contributed by atoms with Gasteiger partial charge in [-0.25, -0.2) is 8.42 Å². The maximum absolute atomic E-state index is 11.7. The van der Waals surface area contributed by atoms with Gasteiger partial charge in [0.15, 0.2) is 0 Å². The van der Waals surface area contributed by atoms with E-state index in [1.165, 1.54) is 0 Å². The van der Waals surface area contributed by atoms with Gasteiger partial charge in [0.25, 0.3) is 0 Å². The molecule has 0 radical (unpaired) electrons. The average Bonchev–Trinajstić information content (AvgIpc) is 3.16. The van der Waals surface area contributed by atoms with Gasteiger partial charge in [-0.2, -0.15) is 0 Å². The molecule has 0 heterocycles. The van der Waals surface area contributed by atoms with Crippen molar-refractivity contribution in [2.45, 2.75) is 103 Å². The van der Waals surface area contributed by atoms with Crippen LogP contribution >= 0.6 is 0 Å². The molecule has 12 atom stereocenters. The van der Waals surface area contributed by atoms with E-state index in [0.29, 0.717) is 30.6 Å². The first-order valence-electron chi connectivity index (χ1n) is 14.1. The molecule has 0 spiro atoms. The molecular formula is C27H47NaO8S. The molecule has 0 aromatic rings. The number of hydrogen-bond acceptors (Lipinski definition) is 8. The molecule has 37 heavy (non-hydrogen) atoms. The third kappa shape index (κ3) is 6.31. The van der Waals surface area contributed by atoms with E-state index in [-0.39, 0.29) is 83.6 Å². The van der Waals surface area contributed by atoms with Crippen molar-refractivity contribution in [1.82, 2.24) is 0 Å². The van der Waals surface area contributed by atoms with Gasteiger partial charge in [-0.1, -0.05) is 33.6 Å². The van der Waals surface area contributed by atoms with Crippen molar-refractivity contribution in [2.24, 2.45) is 52.3 Å². The van der Waals surface area contributed by atoms with Crippen LogP contribution in [0.4, 0.5) is 0 Å². The number of aliphatic hydroxyl groups is 4. The second-order valence-electron chi connectivity index (χ2n) is 13.2. The molecule has 4 N–H and O–H groups in total. The van der Waals surface area contributed by atoms with Crippen molar-refractivity contribution in [2.75, 3.05) is 13.2 Å². The van der Waals surface area contributed by atoms with Crippen LogP contribution in [0.5, 0.6) is 0 Å². The van der Waals surface area contributed by atoms with Crippen LogP contribution < -0.4 is 29.6 Å². The minimum absolute atomic E-state index is 0. The van der Waals surface area contributed by atoms with Gasteiger partial charge in [0.1, 0.15) is 0 Å². The molecule has 4 aliphatic carbocycles. The molecule has 0 aliphatic heterocycles. The molecule has 0 aromatic carbocycles. The van der Waals surface area contributed by atoms with Crippen LogP contribution in [0.1, 0.15) is 85.0 Å². The zero-order chi connectivity index (χ0) is 26.5. The summed E-state index contributed by atoms with van der Waals surface area (Å²) in [4.78, 5) is 0. The maximum atomic E-state index is 11.7. The van der Waals surface area contributed by atoms with E-state index in [1.54, 1.807) is 0 Å². The number of hydrogen-bond donors (Lipinski definition) is 4. The van der Waals surface area contributed by atoms with Gasteiger partial charge in [0.2, 0.25) is 10.4 Å². The van der Waals surface area contributed by atoms with Crippen LogP contribution in [0.25, 0.3) is 0 Å². The van der Waals surface area contributed by atoms with E-state index in [0.717, 1.165) is 51.4 Å². The summed E-state index contributed by atoms with van der Waals surface area (Å²) in [6.45, 7) is 6.28. The van der Waals surface area contributed by atoms with Crippen LogP contribution in [-0.2, 0) is 14.6 Å². The fourth-order valence-electron chi connectivity index (χ4n) is 9.47. The molecular weight excluding hydrogens is 507 g/mol. The Morgan fingerprint density at radius 3 is 2.38 bits per heavy atom. The van der Waals surface area contributed by atoms with Crippen molar-refractivity contribution < 1.29 is 67.1 Å². The number of rotatable bonds is 9. The van der Waals surface area contributed by atoms with E-state index in [9.17, 15) is 33.4 Å². The fraction of sp³-hybridized carbons (Fsp3) is 1.00. The first-order valence-corrected chi connectivity index (χ1v) is 15.4. The van der Waals surface area contributed by atoms with Crippen molar-refractivity contribution in [3.05, 3.63) is 0 Å². The topological polar surface area (TPSA) is 147 Å². The first-order chi connectivity index (χ1) is 16.8. The molecule has 0 saturated heterocycles. The smallest absolute Gasteiger partial charge is 0.726 e. The Morgan fingerprint density at radius 2 is 1.73 bits per heavy atom. The summed E-state index contributed by atoms with van der Waals surface area (Å²) in [6.07, 6.45) is 7.19. The van der Waals surface area contributed by atoms with E-state index in [1.807, 2.05) is 0 Å². The SMILES string of the molecule is C[C@H](CCCC(CO)COS(=O)(=O)[O-])[C@H]1CC[C@H]2[C@@H]3[C@H](O)C[C@@H]4C[C@H](O)CC[C@]4(C)[C@H]3C[C@H](O)[C@]12C.[Na+]. The van der Waals surface area contributed by atoms with Crippen LogP contribution in [0.3, 0.4) is 0 Å². The predicted molar refractivity (Wildman–Crippen MR) is 133 cm³/mol. The molecule has 0 aromatic heterocycles. The minimum atomic E-state index is -4.76. The number of aliphatic hydroxyl groups excluding tert-OH is 4. The summed E-state index contributed by atoms with van der Waals surface area (Å²) in [5, 5.41) is 42.9. The fourth-order valence-corrected chi connectivity index (χ4v) is 9.83. The van der Waals surface area contributed by atoms with E-state index >= 15 is 0 Å². The minimum Gasteiger partial charge on any atom is -0.726 e. The van der Waals surface area contributed by atoms with Crippen LogP contribution in [-0.4, -0.2) is 64.9 Å². The van der Waals surface area contributed by atoms with Gasteiger partial charge >= 0.3 is 29.6 Å². The monoisotopic (exact) mass is 554 g/mol. The largest absolute Gasteiger partial charge is 1.00 e. The van der Waals surface area contributed by atoms with Gasteiger partial charge in [0.05, 0.1) is 24.9 Å².